The van der Waals surface area contributed by atoms with Gasteiger partial charge < -0.3 is 20.1 Å². The highest BCUT2D eigenvalue weighted by molar-refractivity contribution is 9.10. The summed E-state index contributed by atoms with van der Waals surface area (Å²) >= 11 is 9.25. The van der Waals surface area contributed by atoms with Gasteiger partial charge in [0.05, 0.1) is 5.02 Å². The van der Waals surface area contributed by atoms with Gasteiger partial charge in [0.25, 0.3) is 5.91 Å². The molecular formula is C27H26BrClN2O5. The maximum atomic E-state index is 12.2. The third-order valence-corrected chi connectivity index (χ3v) is 6.15. The molecule has 0 aliphatic heterocycles. The van der Waals surface area contributed by atoms with Crippen LogP contribution in [0.2, 0.25) is 5.02 Å². The molecule has 2 N–H and O–H groups in total. The van der Waals surface area contributed by atoms with Crippen molar-refractivity contribution >= 4 is 56.7 Å². The van der Waals surface area contributed by atoms with Crippen LogP contribution in [0.1, 0.15) is 30.4 Å². The number of anilines is 2. The van der Waals surface area contributed by atoms with Gasteiger partial charge in [0.2, 0.25) is 5.91 Å². The summed E-state index contributed by atoms with van der Waals surface area (Å²) in [6, 6.07) is 18.0. The molecule has 0 aromatic heterocycles. The summed E-state index contributed by atoms with van der Waals surface area (Å²) in [6.45, 7) is 3.60. The van der Waals surface area contributed by atoms with Crippen molar-refractivity contribution in [2.75, 3.05) is 17.2 Å². The predicted molar refractivity (Wildman–Crippen MR) is 144 cm³/mol. The summed E-state index contributed by atoms with van der Waals surface area (Å²) in [5, 5.41) is 5.83. The number of ether oxygens (including phenoxy) is 2. The first-order chi connectivity index (χ1) is 17.2. The number of carbonyl (C=O) groups excluding carboxylic acids is 3. The summed E-state index contributed by atoms with van der Waals surface area (Å²) < 4.78 is 11.5. The molecule has 0 atom stereocenters. The van der Waals surface area contributed by atoms with Gasteiger partial charge in [-0.1, -0.05) is 17.7 Å². The average molecular weight is 574 g/mol. The van der Waals surface area contributed by atoms with E-state index in [1.54, 1.807) is 42.5 Å². The van der Waals surface area contributed by atoms with Crippen molar-refractivity contribution in [1.29, 1.82) is 0 Å². The van der Waals surface area contributed by atoms with Crippen LogP contribution >= 0.6 is 27.5 Å². The number of aryl methyl sites for hydroxylation is 2. The van der Waals surface area contributed by atoms with Gasteiger partial charge in [0, 0.05) is 28.7 Å². The van der Waals surface area contributed by atoms with Crippen molar-refractivity contribution in [2.24, 2.45) is 0 Å². The number of hydrogen-bond acceptors (Lipinski definition) is 5. The molecule has 0 radical (unpaired) electrons. The second-order valence-electron chi connectivity index (χ2n) is 8.19. The lowest BCUT2D eigenvalue weighted by molar-refractivity contribution is -0.147. The van der Waals surface area contributed by atoms with Crippen LogP contribution in [0.25, 0.3) is 0 Å². The summed E-state index contributed by atoms with van der Waals surface area (Å²) in [4.78, 5) is 36.0. The van der Waals surface area contributed by atoms with Crippen LogP contribution in [0, 0.1) is 13.8 Å². The highest BCUT2D eigenvalue weighted by atomic mass is 79.9. The zero-order valence-corrected chi connectivity index (χ0v) is 22.2. The fraction of sp³-hybridized carbons (Fsp3) is 0.222. The largest absolute Gasteiger partial charge is 0.457 e. The minimum absolute atomic E-state index is 0.0213. The molecule has 36 heavy (non-hydrogen) atoms. The molecule has 188 valence electrons. The molecular weight excluding hydrogens is 548 g/mol. The minimum Gasteiger partial charge on any atom is -0.457 e. The number of halogens is 2. The fourth-order valence-electron chi connectivity index (χ4n) is 3.34. The Bertz CT molecular complexity index is 1230. The van der Waals surface area contributed by atoms with E-state index in [1.165, 1.54) is 0 Å². The minimum atomic E-state index is -0.556. The molecule has 0 bridgehead atoms. The van der Waals surface area contributed by atoms with Crippen LogP contribution in [0.4, 0.5) is 11.4 Å². The van der Waals surface area contributed by atoms with Crippen molar-refractivity contribution in [3.63, 3.8) is 0 Å². The van der Waals surface area contributed by atoms with Crippen molar-refractivity contribution in [1.82, 2.24) is 0 Å². The van der Waals surface area contributed by atoms with E-state index in [0.29, 0.717) is 33.0 Å². The van der Waals surface area contributed by atoms with Crippen molar-refractivity contribution in [3.05, 3.63) is 81.3 Å². The zero-order chi connectivity index (χ0) is 26.1. The van der Waals surface area contributed by atoms with Crippen LogP contribution < -0.4 is 15.4 Å². The summed E-state index contributed by atoms with van der Waals surface area (Å²) in [6.07, 6.45) is 0.454. The molecule has 0 unspecified atom stereocenters. The molecule has 0 spiro atoms. The molecule has 0 saturated carbocycles. The van der Waals surface area contributed by atoms with E-state index < -0.39 is 18.5 Å². The van der Waals surface area contributed by atoms with E-state index in [4.69, 9.17) is 21.1 Å². The summed E-state index contributed by atoms with van der Waals surface area (Å²) in [7, 11) is 0. The number of esters is 1. The maximum absolute atomic E-state index is 12.2. The van der Waals surface area contributed by atoms with Crippen molar-refractivity contribution in [3.8, 4) is 11.5 Å². The van der Waals surface area contributed by atoms with E-state index in [2.05, 4.69) is 32.6 Å². The normalized spacial score (nSPS) is 10.4. The van der Waals surface area contributed by atoms with E-state index in [0.717, 1.165) is 16.9 Å². The Labute approximate surface area is 223 Å². The first kappa shape index (κ1) is 27.2. The molecule has 0 aliphatic rings. The Kier molecular flexibility index (Phi) is 9.90. The van der Waals surface area contributed by atoms with E-state index in [-0.39, 0.29) is 18.7 Å². The van der Waals surface area contributed by atoms with Crippen LogP contribution in [0.5, 0.6) is 11.5 Å². The number of rotatable bonds is 10. The van der Waals surface area contributed by atoms with E-state index in [1.807, 2.05) is 26.0 Å². The Morgan fingerprint density at radius 2 is 1.44 bits per heavy atom. The zero-order valence-electron chi connectivity index (χ0n) is 19.9. The van der Waals surface area contributed by atoms with Gasteiger partial charge in [0.1, 0.15) is 11.5 Å². The summed E-state index contributed by atoms with van der Waals surface area (Å²) in [5.74, 6) is 0.152. The van der Waals surface area contributed by atoms with Crippen LogP contribution in [-0.2, 0) is 19.1 Å². The van der Waals surface area contributed by atoms with Gasteiger partial charge in [-0.05, 0) is 102 Å². The topological polar surface area (TPSA) is 93.7 Å². The van der Waals surface area contributed by atoms with E-state index >= 15 is 0 Å². The molecule has 3 aromatic carbocycles. The Hall–Kier alpha value is -3.36. The molecule has 9 heteroatoms. The van der Waals surface area contributed by atoms with Gasteiger partial charge in [-0.25, -0.2) is 0 Å². The van der Waals surface area contributed by atoms with Gasteiger partial charge in [-0.2, -0.15) is 0 Å². The monoisotopic (exact) mass is 572 g/mol. The first-order valence-corrected chi connectivity index (χ1v) is 12.4. The first-order valence-electron chi connectivity index (χ1n) is 11.2. The number of carbonyl (C=O) groups is 3. The Balaban J connectivity index is 1.34. The number of amides is 2. The summed E-state index contributed by atoms with van der Waals surface area (Å²) in [5.41, 5.74) is 3.35. The van der Waals surface area contributed by atoms with E-state index in [9.17, 15) is 14.4 Å². The smallest absolute Gasteiger partial charge is 0.306 e. The van der Waals surface area contributed by atoms with Crippen LogP contribution in [0.15, 0.2) is 65.1 Å². The van der Waals surface area contributed by atoms with Crippen LogP contribution in [-0.4, -0.2) is 24.4 Å². The molecule has 3 aromatic rings. The lowest BCUT2D eigenvalue weighted by Gasteiger charge is -2.10. The molecule has 0 heterocycles. The standard InChI is InChI=1S/C27H26BrClN2O5/c1-17-12-18(2)14-22(13-17)36-21-9-6-19(7-10-21)30-25(32)4-3-5-27(34)35-16-26(33)31-20-8-11-23(28)24(29)15-20/h6-15H,3-5,16H2,1-2H3,(H,30,32)(H,31,33). The third kappa shape index (κ3) is 9.02. The Morgan fingerprint density at radius 1 is 0.806 bits per heavy atom. The quantitative estimate of drug-likeness (QED) is 0.260. The van der Waals surface area contributed by atoms with Gasteiger partial charge in [-0.3, -0.25) is 14.4 Å². The number of hydrogen-bond donors (Lipinski definition) is 2. The average Bonchev–Trinajstić information content (AvgIpc) is 2.81. The number of nitrogens with one attached hydrogen (secondary N) is 2. The maximum Gasteiger partial charge on any atom is 0.306 e. The number of benzene rings is 3. The van der Waals surface area contributed by atoms with Gasteiger partial charge >= 0.3 is 5.97 Å². The fourth-order valence-corrected chi connectivity index (χ4v) is 3.77. The van der Waals surface area contributed by atoms with Gasteiger partial charge in [0.15, 0.2) is 6.61 Å². The highest BCUT2D eigenvalue weighted by Gasteiger charge is 2.11. The lowest BCUT2D eigenvalue weighted by Crippen LogP contribution is -2.21. The van der Waals surface area contributed by atoms with Gasteiger partial charge in [-0.15, -0.1) is 0 Å². The predicted octanol–water partition coefficient (Wildman–Crippen LogP) is 6.80. The molecule has 0 aliphatic carbocycles. The van der Waals surface area contributed by atoms with Crippen LogP contribution in [0.3, 0.4) is 0 Å². The highest BCUT2D eigenvalue weighted by Crippen LogP contribution is 2.26. The lowest BCUT2D eigenvalue weighted by atomic mass is 10.1. The molecule has 0 fully saturated rings. The molecule has 3 rings (SSSR count). The van der Waals surface area contributed by atoms with Crippen molar-refractivity contribution in [2.45, 2.75) is 33.1 Å². The SMILES string of the molecule is Cc1cc(C)cc(Oc2ccc(NC(=O)CCCC(=O)OCC(=O)Nc3ccc(Br)c(Cl)c3)cc2)c1. The molecule has 7 nitrogen and oxygen atoms in total. The molecule has 0 saturated heterocycles. The van der Waals surface area contributed by atoms with Crippen molar-refractivity contribution < 1.29 is 23.9 Å². The third-order valence-electron chi connectivity index (χ3n) is 4.92. The molecule has 2 amide bonds. The second-order valence-corrected chi connectivity index (χ2v) is 9.45. The Morgan fingerprint density at radius 3 is 2.11 bits per heavy atom. The second kappa shape index (κ2) is 13.1.